The van der Waals surface area contributed by atoms with Crippen LogP contribution in [0.3, 0.4) is 0 Å². The normalized spacial score (nSPS) is 14.3. The number of amides is 1. The van der Waals surface area contributed by atoms with Crippen molar-refractivity contribution < 1.29 is 9.18 Å². The summed E-state index contributed by atoms with van der Waals surface area (Å²) < 4.78 is 14.9. The Morgan fingerprint density at radius 2 is 1.62 bits per heavy atom. The zero-order valence-corrected chi connectivity index (χ0v) is 17.0. The van der Waals surface area contributed by atoms with Crippen molar-refractivity contribution >= 4 is 11.6 Å². The van der Waals surface area contributed by atoms with Gasteiger partial charge in [0.25, 0.3) is 5.91 Å². The minimum atomic E-state index is -0.239. The van der Waals surface area contributed by atoms with Gasteiger partial charge in [-0.15, -0.1) is 0 Å². The first-order chi connectivity index (χ1) is 13.9. The number of rotatable bonds is 3. The van der Waals surface area contributed by atoms with Gasteiger partial charge >= 0.3 is 0 Å². The molecule has 3 aromatic rings. The van der Waals surface area contributed by atoms with E-state index < -0.39 is 0 Å². The molecule has 1 amide bonds. The van der Waals surface area contributed by atoms with Crippen LogP contribution in [0.1, 0.15) is 21.6 Å². The van der Waals surface area contributed by atoms with Gasteiger partial charge in [-0.2, -0.15) is 5.10 Å². The van der Waals surface area contributed by atoms with Crippen LogP contribution < -0.4 is 4.90 Å². The quantitative estimate of drug-likeness (QED) is 0.681. The van der Waals surface area contributed by atoms with Crippen LogP contribution in [-0.4, -0.2) is 46.8 Å². The fourth-order valence-corrected chi connectivity index (χ4v) is 3.72. The van der Waals surface area contributed by atoms with Gasteiger partial charge in [-0.1, -0.05) is 12.1 Å². The molecule has 0 N–H and O–H groups in total. The Morgan fingerprint density at radius 3 is 2.28 bits per heavy atom. The second-order valence-electron chi connectivity index (χ2n) is 7.59. The van der Waals surface area contributed by atoms with Gasteiger partial charge in [0.05, 0.1) is 5.69 Å². The van der Waals surface area contributed by atoms with Crippen LogP contribution in [0.5, 0.6) is 0 Å². The standard InChI is InChI=1S/C23H25FN4O/c1-16-4-5-18(14-17(16)2)22-15-21(25-26(22)3)23(29)28-12-10-27(11-13-28)20-8-6-19(24)7-9-20/h4-9,14-15H,10-13H2,1-3H3. The Balaban J connectivity index is 1.46. The van der Waals surface area contributed by atoms with Gasteiger partial charge in [0.1, 0.15) is 5.82 Å². The van der Waals surface area contributed by atoms with E-state index in [0.717, 1.165) is 16.9 Å². The molecule has 0 unspecified atom stereocenters. The first kappa shape index (κ1) is 19.2. The van der Waals surface area contributed by atoms with Crippen molar-refractivity contribution in [3.8, 4) is 11.3 Å². The van der Waals surface area contributed by atoms with Gasteiger partial charge in [0.2, 0.25) is 0 Å². The second kappa shape index (κ2) is 7.70. The number of piperazine rings is 1. The Hall–Kier alpha value is -3.15. The van der Waals surface area contributed by atoms with E-state index in [1.54, 1.807) is 16.8 Å². The number of anilines is 1. The van der Waals surface area contributed by atoms with E-state index in [1.807, 2.05) is 18.0 Å². The van der Waals surface area contributed by atoms with Crippen molar-refractivity contribution in [1.82, 2.24) is 14.7 Å². The maximum atomic E-state index is 13.1. The van der Waals surface area contributed by atoms with Crippen LogP contribution in [-0.2, 0) is 7.05 Å². The summed E-state index contributed by atoms with van der Waals surface area (Å²) in [7, 11) is 1.87. The maximum absolute atomic E-state index is 13.1. The molecule has 0 aliphatic carbocycles. The Bertz CT molecular complexity index is 1030. The predicted octanol–water partition coefficient (Wildman–Crippen LogP) is 3.81. The summed E-state index contributed by atoms with van der Waals surface area (Å²) in [5.74, 6) is -0.285. The fraction of sp³-hybridized carbons (Fsp3) is 0.304. The highest BCUT2D eigenvalue weighted by molar-refractivity contribution is 5.93. The van der Waals surface area contributed by atoms with Crippen LogP contribution >= 0.6 is 0 Å². The van der Waals surface area contributed by atoms with Gasteiger partial charge in [0.15, 0.2) is 5.69 Å². The summed E-state index contributed by atoms with van der Waals surface area (Å²) in [4.78, 5) is 17.0. The Morgan fingerprint density at radius 1 is 0.931 bits per heavy atom. The molecule has 0 atom stereocenters. The van der Waals surface area contributed by atoms with Gasteiger partial charge in [-0.05, 0) is 61.4 Å². The molecule has 1 fully saturated rings. The number of hydrogen-bond acceptors (Lipinski definition) is 3. The largest absolute Gasteiger partial charge is 0.368 e. The number of hydrogen-bond donors (Lipinski definition) is 0. The van der Waals surface area contributed by atoms with Crippen molar-refractivity contribution in [3.63, 3.8) is 0 Å². The first-order valence-electron chi connectivity index (χ1n) is 9.84. The summed E-state index contributed by atoms with van der Waals surface area (Å²) in [6.07, 6.45) is 0. The highest BCUT2D eigenvalue weighted by Gasteiger charge is 2.25. The fourth-order valence-electron chi connectivity index (χ4n) is 3.72. The molecule has 1 aliphatic heterocycles. The summed E-state index contributed by atoms with van der Waals surface area (Å²) in [6, 6.07) is 14.6. The van der Waals surface area contributed by atoms with Crippen molar-refractivity contribution in [2.75, 3.05) is 31.1 Å². The number of carbonyl (C=O) groups excluding carboxylic acids is 1. The van der Waals surface area contributed by atoms with E-state index in [1.165, 1.54) is 23.3 Å². The third-order valence-corrected chi connectivity index (χ3v) is 5.66. The topological polar surface area (TPSA) is 41.4 Å². The van der Waals surface area contributed by atoms with Crippen molar-refractivity contribution in [2.45, 2.75) is 13.8 Å². The van der Waals surface area contributed by atoms with E-state index in [4.69, 9.17) is 0 Å². The molecule has 2 heterocycles. The molecule has 2 aromatic carbocycles. The highest BCUT2D eigenvalue weighted by atomic mass is 19.1. The third-order valence-electron chi connectivity index (χ3n) is 5.66. The number of benzene rings is 2. The third kappa shape index (κ3) is 3.88. The minimum Gasteiger partial charge on any atom is -0.368 e. The van der Waals surface area contributed by atoms with Gasteiger partial charge in [-0.25, -0.2) is 4.39 Å². The second-order valence-corrected chi connectivity index (χ2v) is 7.59. The highest BCUT2D eigenvalue weighted by Crippen LogP contribution is 2.24. The van der Waals surface area contributed by atoms with Gasteiger partial charge in [-0.3, -0.25) is 9.48 Å². The number of aryl methyl sites for hydroxylation is 3. The lowest BCUT2D eigenvalue weighted by molar-refractivity contribution is 0.0740. The van der Waals surface area contributed by atoms with Crippen LogP contribution in [0.25, 0.3) is 11.3 Å². The average molecular weight is 392 g/mol. The molecule has 0 spiro atoms. The summed E-state index contributed by atoms with van der Waals surface area (Å²) in [6.45, 7) is 6.84. The smallest absolute Gasteiger partial charge is 0.274 e. The number of nitrogens with zero attached hydrogens (tertiary/aromatic N) is 4. The molecule has 29 heavy (non-hydrogen) atoms. The van der Waals surface area contributed by atoms with Crippen molar-refractivity contribution in [3.05, 3.63) is 71.2 Å². The monoisotopic (exact) mass is 392 g/mol. The van der Waals surface area contributed by atoms with Crippen LogP contribution in [0.2, 0.25) is 0 Å². The van der Waals surface area contributed by atoms with Gasteiger partial charge < -0.3 is 9.80 Å². The maximum Gasteiger partial charge on any atom is 0.274 e. The lowest BCUT2D eigenvalue weighted by Gasteiger charge is -2.35. The summed E-state index contributed by atoms with van der Waals surface area (Å²) in [5, 5.41) is 4.47. The number of carbonyl (C=O) groups is 1. The number of aromatic nitrogens is 2. The SMILES string of the molecule is Cc1ccc(-c2cc(C(=O)N3CCN(c4ccc(F)cc4)CC3)nn2C)cc1C. The van der Waals surface area contributed by atoms with E-state index in [0.29, 0.717) is 31.9 Å². The van der Waals surface area contributed by atoms with Crippen molar-refractivity contribution in [1.29, 1.82) is 0 Å². The molecule has 0 saturated carbocycles. The molecule has 0 bridgehead atoms. The zero-order chi connectivity index (χ0) is 20.5. The zero-order valence-electron chi connectivity index (χ0n) is 17.0. The molecule has 6 heteroatoms. The molecular weight excluding hydrogens is 367 g/mol. The minimum absolute atomic E-state index is 0.0468. The molecule has 150 valence electrons. The van der Waals surface area contributed by atoms with Crippen LogP contribution in [0, 0.1) is 19.7 Å². The predicted molar refractivity (Wildman–Crippen MR) is 113 cm³/mol. The van der Waals surface area contributed by atoms with E-state index in [9.17, 15) is 9.18 Å². The molecule has 1 saturated heterocycles. The lowest BCUT2D eigenvalue weighted by atomic mass is 10.0. The van der Waals surface area contributed by atoms with Crippen LogP contribution in [0.4, 0.5) is 10.1 Å². The first-order valence-corrected chi connectivity index (χ1v) is 9.84. The van der Waals surface area contributed by atoms with E-state index >= 15 is 0 Å². The van der Waals surface area contributed by atoms with Crippen LogP contribution in [0.15, 0.2) is 48.5 Å². The average Bonchev–Trinajstić information content (AvgIpc) is 3.12. The number of halogens is 1. The summed E-state index contributed by atoms with van der Waals surface area (Å²) >= 11 is 0. The Labute approximate surface area is 170 Å². The van der Waals surface area contributed by atoms with E-state index in [2.05, 4.69) is 42.0 Å². The summed E-state index contributed by atoms with van der Waals surface area (Å²) in [5.41, 5.74) is 5.90. The molecule has 1 aromatic heterocycles. The molecular formula is C23H25FN4O. The Kier molecular flexibility index (Phi) is 5.09. The molecule has 0 radical (unpaired) electrons. The van der Waals surface area contributed by atoms with Crippen molar-refractivity contribution in [2.24, 2.45) is 7.05 Å². The van der Waals surface area contributed by atoms with Gasteiger partial charge in [0, 0.05) is 44.5 Å². The molecule has 1 aliphatic rings. The lowest BCUT2D eigenvalue weighted by Crippen LogP contribution is -2.48. The molecule has 5 nitrogen and oxygen atoms in total. The van der Waals surface area contributed by atoms with E-state index in [-0.39, 0.29) is 11.7 Å². The molecule has 4 rings (SSSR count).